The van der Waals surface area contributed by atoms with Crippen molar-refractivity contribution in [1.29, 1.82) is 0 Å². The van der Waals surface area contributed by atoms with Gasteiger partial charge in [-0.25, -0.2) is 0 Å². The third-order valence-corrected chi connectivity index (χ3v) is 2.27. The van der Waals surface area contributed by atoms with Gasteiger partial charge in [-0.05, 0) is 27.3 Å². The number of rotatable bonds is 10. The third-order valence-electron chi connectivity index (χ3n) is 2.27. The number of nitrogens with one attached hydrogen (secondary N) is 1. The molecule has 6 heteroatoms. The van der Waals surface area contributed by atoms with Crippen molar-refractivity contribution in [2.24, 2.45) is 0 Å². The Balaban J connectivity index is 3.89. The summed E-state index contributed by atoms with van der Waals surface area (Å²) < 4.78 is 10.4. The summed E-state index contributed by atoms with van der Waals surface area (Å²) in [7, 11) is 0. The van der Waals surface area contributed by atoms with E-state index in [0.29, 0.717) is 39.3 Å². The molecule has 2 N–H and O–H groups in total. The summed E-state index contributed by atoms with van der Waals surface area (Å²) in [4.78, 5) is 13.6. The number of aliphatic hydroxyl groups excluding tert-OH is 1. The molecule has 0 aliphatic carbocycles. The van der Waals surface area contributed by atoms with Crippen molar-refractivity contribution >= 4 is 5.97 Å². The predicted molar refractivity (Wildman–Crippen MR) is 74.0 cm³/mol. The third kappa shape index (κ3) is 12.1. The lowest BCUT2D eigenvalue weighted by Gasteiger charge is -2.24. The summed E-state index contributed by atoms with van der Waals surface area (Å²) in [6.45, 7) is 8.46. The zero-order valence-electron chi connectivity index (χ0n) is 12.3. The molecule has 0 saturated heterocycles. The van der Waals surface area contributed by atoms with Crippen LogP contribution < -0.4 is 0 Å². The van der Waals surface area contributed by atoms with Gasteiger partial charge in [-0.15, -0.1) is 6.54 Å². The maximum atomic E-state index is 11.6. The Morgan fingerprint density at radius 2 is 1.89 bits per heavy atom. The molecule has 0 heterocycles. The number of hydrogen-bond acceptors (Lipinski definition) is 5. The van der Waals surface area contributed by atoms with E-state index in [1.807, 2.05) is 25.7 Å². The van der Waals surface area contributed by atoms with E-state index in [2.05, 4.69) is 0 Å². The molecule has 0 aromatic heterocycles. The van der Waals surface area contributed by atoms with Crippen molar-refractivity contribution in [2.75, 3.05) is 46.0 Å². The number of ether oxygens (including phenoxy) is 2. The lowest BCUT2D eigenvalue weighted by Crippen LogP contribution is -2.33. The van der Waals surface area contributed by atoms with Crippen molar-refractivity contribution in [3.05, 3.63) is 5.73 Å². The van der Waals surface area contributed by atoms with Gasteiger partial charge in [0, 0.05) is 13.1 Å². The maximum absolute atomic E-state index is 11.6. The molecular weight excluding hydrogens is 248 g/mol. The lowest BCUT2D eigenvalue weighted by atomic mass is 10.2. The van der Waals surface area contributed by atoms with E-state index in [1.165, 1.54) is 0 Å². The molecule has 19 heavy (non-hydrogen) atoms. The molecule has 0 atom stereocenters. The van der Waals surface area contributed by atoms with E-state index in [4.69, 9.17) is 20.3 Å². The van der Waals surface area contributed by atoms with Crippen molar-refractivity contribution < 1.29 is 19.4 Å². The molecule has 0 amide bonds. The van der Waals surface area contributed by atoms with E-state index in [0.717, 1.165) is 0 Å². The van der Waals surface area contributed by atoms with E-state index in [1.54, 1.807) is 0 Å². The highest BCUT2D eigenvalue weighted by Gasteiger charge is 2.16. The number of nitrogens with zero attached hydrogens (tertiary/aromatic N) is 1. The number of hydrogen-bond donors (Lipinski definition) is 1. The van der Waals surface area contributed by atoms with Gasteiger partial charge in [-0.1, -0.05) is 0 Å². The standard InChI is InChI=1S/C13H27N2O4/c1-13(2,3)19-12(17)4-6-15(7-5-14)8-10-18-11-9-16/h14,16H,4-11H2,1-3H3/q-1. The second kappa shape index (κ2) is 10.1. The fraction of sp³-hybridized carbons (Fsp3) is 0.923. The molecule has 6 nitrogen and oxygen atoms in total. The van der Waals surface area contributed by atoms with Gasteiger partial charge in [0.1, 0.15) is 5.60 Å². The van der Waals surface area contributed by atoms with Crippen LogP contribution in [0.2, 0.25) is 0 Å². The Morgan fingerprint density at radius 3 is 2.42 bits per heavy atom. The van der Waals surface area contributed by atoms with Gasteiger partial charge in [-0.3, -0.25) is 4.79 Å². The number of esters is 1. The number of aliphatic hydroxyl groups is 1. The molecule has 0 fully saturated rings. The van der Waals surface area contributed by atoms with Crippen LogP contribution in [0.1, 0.15) is 27.2 Å². The van der Waals surface area contributed by atoms with Crippen LogP contribution in [0.15, 0.2) is 0 Å². The van der Waals surface area contributed by atoms with E-state index in [9.17, 15) is 4.79 Å². The van der Waals surface area contributed by atoms with Crippen LogP contribution in [-0.2, 0) is 14.3 Å². The summed E-state index contributed by atoms with van der Waals surface area (Å²) in [5.41, 5.74) is 6.78. The molecule has 0 spiro atoms. The van der Waals surface area contributed by atoms with E-state index < -0.39 is 5.60 Å². The molecule has 0 unspecified atom stereocenters. The fourth-order valence-electron chi connectivity index (χ4n) is 1.50. The minimum Gasteiger partial charge on any atom is -0.676 e. The molecule has 0 bridgehead atoms. The Bertz CT molecular complexity index is 241. The summed E-state index contributed by atoms with van der Waals surface area (Å²) in [5.74, 6) is -0.223. The Labute approximate surface area is 115 Å². The van der Waals surface area contributed by atoms with Crippen LogP contribution >= 0.6 is 0 Å². The van der Waals surface area contributed by atoms with Gasteiger partial charge in [0.05, 0.1) is 26.2 Å². The second-order valence-electron chi connectivity index (χ2n) is 5.26. The van der Waals surface area contributed by atoms with Crippen molar-refractivity contribution in [1.82, 2.24) is 4.90 Å². The average Bonchev–Trinajstić information content (AvgIpc) is 2.29. The first kappa shape index (κ1) is 18.3. The SMILES string of the molecule is CC(C)(C)OC(=O)CCN(CC[NH-])CCOCCO. The van der Waals surface area contributed by atoms with Crippen LogP contribution in [-0.4, -0.2) is 67.6 Å². The zero-order chi connectivity index (χ0) is 14.7. The Kier molecular flexibility index (Phi) is 9.77. The van der Waals surface area contributed by atoms with E-state index in [-0.39, 0.29) is 19.1 Å². The summed E-state index contributed by atoms with van der Waals surface area (Å²) in [5, 5.41) is 8.59. The minimum atomic E-state index is -0.457. The topological polar surface area (TPSA) is 82.8 Å². The van der Waals surface area contributed by atoms with Crippen LogP contribution in [0.3, 0.4) is 0 Å². The molecule has 0 aliphatic heterocycles. The molecule has 0 radical (unpaired) electrons. The second-order valence-corrected chi connectivity index (χ2v) is 5.26. The summed E-state index contributed by atoms with van der Waals surface area (Å²) in [6.07, 6.45) is 0.317. The predicted octanol–water partition coefficient (Wildman–Crippen LogP) is 1.08. The monoisotopic (exact) mass is 275 g/mol. The van der Waals surface area contributed by atoms with Crippen LogP contribution in [0.25, 0.3) is 5.73 Å². The first-order valence-electron chi connectivity index (χ1n) is 6.66. The fourth-order valence-corrected chi connectivity index (χ4v) is 1.50. The molecule has 0 saturated carbocycles. The first-order valence-corrected chi connectivity index (χ1v) is 6.66. The van der Waals surface area contributed by atoms with Crippen LogP contribution in [0.4, 0.5) is 0 Å². The normalized spacial score (nSPS) is 11.9. The van der Waals surface area contributed by atoms with Crippen LogP contribution in [0, 0.1) is 0 Å². The molecule has 114 valence electrons. The highest BCUT2D eigenvalue weighted by Crippen LogP contribution is 2.08. The lowest BCUT2D eigenvalue weighted by molar-refractivity contribution is -0.155. The van der Waals surface area contributed by atoms with Gasteiger partial charge in [-0.2, -0.15) is 0 Å². The van der Waals surface area contributed by atoms with E-state index >= 15 is 0 Å². The maximum Gasteiger partial charge on any atom is 0.307 e. The summed E-state index contributed by atoms with van der Waals surface area (Å²) in [6, 6.07) is 0. The van der Waals surface area contributed by atoms with Crippen molar-refractivity contribution in [3.63, 3.8) is 0 Å². The number of carbonyl (C=O) groups is 1. The zero-order valence-corrected chi connectivity index (χ0v) is 12.3. The number of carbonyl (C=O) groups excluding carboxylic acids is 1. The molecular formula is C13H27N2O4-. The average molecular weight is 275 g/mol. The van der Waals surface area contributed by atoms with Crippen LogP contribution in [0.5, 0.6) is 0 Å². The molecule has 0 aliphatic rings. The smallest absolute Gasteiger partial charge is 0.307 e. The van der Waals surface area contributed by atoms with Gasteiger partial charge in [0.2, 0.25) is 0 Å². The largest absolute Gasteiger partial charge is 0.676 e. The summed E-state index contributed by atoms with van der Waals surface area (Å²) >= 11 is 0. The molecule has 0 rings (SSSR count). The van der Waals surface area contributed by atoms with Crippen molar-refractivity contribution in [2.45, 2.75) is 32.8 Å². The highest BCUT2D eigenvalue weighted by molar-refractivity contribution is 5.70. The Hall–Kier alpha value is -0.690. The van der Waals surface area contributed by atoms with Gasteiger partial charge in [0.25, 0.3) is 0 Å². The first-order chi connectivity index (χ1) is 8.89. The van der Waals surface area contributed by atoms with Crippen molar-refractivity contribution in [3.8, 4) is 0 Å². The molecule has 0 aromatic carbocycles. The van der Waals surface area contributed by atoms with Gasteiger partial charge in [0.15, 0.2) is 0 Å². The van der Waals surface area contributed by atoms with Gasteiger partial charge >= 0.3 is 5.97 Å². The Morgan fingerprint density at radius 1 is 1.21 bits per heavy atom. The molecule has 0 aromatic rings. The quantitative estimate of drug-likeness (QED) is 0.476. The minimum absolute atomic E-state index is 0.0103. The van der Waals surface area contributed by atoms with Gasteiger partial charge < -0.3 is 25.2 Å². The highest BCUT2D eigenvalue weighted by atomic mass is 16.6.